The monoisotopic (exact) mass is 319 g/mol. The number of carbonyl (C=O) groups is 1. The highest BCUT2D eigenvalue weighted by atomic mass is 28.4. The minimum absolute atomic E-state index is 0.290. The average molecular weight is 319 g/mol. The maximum absolute atomic E-state index is 12.6. The molecule has 2 N–H and O–H groups in total. The molecule has 0 radical (unpaired) electrons. The summed E-state index contributed by atoms with van der Waals surface area (Å²) in [7, 11) is 2.02. The van der Waals surface area contributed by atoms with Crippen LogP contribution in [0.2, 0.25) is 6.04 Å². The van der Waals surface area contributed by atoms with E-state index in [1.165, 1.54) is 0 Å². The number of rotatable bonds is 7. The van der Waals surface area contributed by atoms with Gasteiger partial charge in [0.2, 0.25) is 0 Å². The molecule has 6 nitrogen and oxygen atoms in total. The summed E-state index contributed by atoms with van der Waals surface area (Å²) in [6, 6.07) is 0.756. The van der Waals surface area contributed by atoms with E-state index in [0.29, 0.717) is 12.8 Å². The van der Waals surface area contributed by atoms with Crippen LogP contribution in [0.5, 0.6) is 0 Å². The molecule has 0 aromatic rings. The van der Waals surface area contributed by atoms with Crippen molar-refractivity contribution in [3.05, 3.63) is 0 Å². The molecule has 0 saturated carbocycles. The topological polar surface area (TPSA) is 80.0 Å². The second-order valence-electron chi connectivity index (χ2n) is 5.49. The number of hydrogen-bond acceptors (Lipinski definition) is 6. The minimum atomic E-state index is -2.81. The van der Waals surface area contributed by atoms with Crippen LogP contribution in [0.15, 0.2) is 0 Å². The lowest BCUT2D eigenvalue weighted by molar-refractivity contribution is -0.164. The van der Waals surface area contributed by atoms with Crippen molar-refractivity contribution in [2.75, 3.05) is 27.9 Å². The maximum atomic E-state index is 12.6. The summed E-state index contributed by atoms with van der Waals surface area (Å²) in [5, 5.41) is -0.942. The molecule has 7 heteroatoms. The van der Waals surface area contributed by atoms with Gasteiger partial charge in [0.25, 0.3) is 0 Å². The Balaban J connectivity index is 3.42. The summed E-state index contributed by atoms with van der Waals surface area (Å²) in [6.45, 7) is 4.10. The number of carbonyl (C=O) groups excluding carboxylic acids is 1. The normalized spacial score (nSPS) is 31.9. The fourth-order valence-electron chi connectivity index (χ4n) is 3.69. The first kappa shape index (κ1) is 18.6. The Kier molecular flexibility index (Phi) is 6.36. The molecule has 2 unspecified atom stereocenters. The molecule has 1 heterocycles. The van der Waals surface area contributed by atoms with Crippen molar-refractivity contribution in [3.63, 3.8) is 0 Å². The molecule has 21 heavy (non-hydrogen) atoms. The van der Waals surface area contributed by atoms with Crippen molar-refractivity contribution in [2.45, 2.75) is 56.3 Å². The molecule has 1 rings (SSSR count). The van der Waals surface area contributed by atoms with Gasteiger partial charge in [0, 0.05) is 21.3 Å². The van der Waals surface area contributed by atoms with Crippen molar-refractivity contribution in [1.29, 1.82) is 0 Å². The number of nitrogens with two attached hydrogens (primary N) is 1. The second kappa shape index (κ2) is 7.19. The molecule has 0 aromatic heterocycles. The summed E-state index contributed by atoms with van der Waals surface area (Å²) >= 11 is 0. The first-order valence-corrected chi connectivity index (χ1v) is 9.57. The van der Waals surface area contributed by atoms with E-state index in [0.717, 1.165) is 18.9 Å². The number of esters is 1. The van der Waals surface area contributed by atoms with E-state index in [1.54, 1.807) is 28.3 Å². The highest BCUT2D eigenvalue weighted by Gasteiger charge is 2.71. The third-order valence-corrected chi connectivity index (χ3v) is 9.12. The van der Waals surface area contributed by atoms with Gasteiger partial charge in [-0.1, -0.05) is 13.3 Å². The van der Waals surface area contributed by atoms with Gasteiger partial charge < -0.3 is 24.1 Å². The number of methoxy groups -OCH3 is 1. The quantitative estimate of drug-likeness (QED) is 0.566. The Morgan fingerprint density at radius 3 is 2.29 bits per heavy atom. The van der Waals surface area contributed by atoms with Crippen LogP contribution in [0.25, 0.3) is 0 Å². The summed E-state index contributed by atoms with van der Waals surface area (Å²) in [5.41, 5.74) is 5.33. The Morgan fingerprint density at radius 2 is 1.86 bits per heavy atom. The lowest BCUT2D eigenvalue weighted by Gasteiger charge is -2.55. The van der Waals surface area contributed by atoms with Crippen molar-refractivity contribution < 1.29 is 23.1 Å². The van der Waals surface area contributed by atoms with E-state index in [-0.39, 0.29) is 6.61 Å². The highest BCUT2D eigenvalue weighted by Crippen LogP contribution is 2.48. The van der Waals surface area contributed by atoms with Crippen LogP contribution in [0.3, 0.4) is 0 Å². The summed E-state index contributed by atoms with van der Waals surface area (Å²) in [5.74, 6) is -0.425. The van der Waals surface area contributed by atoms with E-state index in [4.69, 9.17) is 24.1 Å². The van der Waals surface area contributed by atoms with Crippen molar-refractivity contribution in [1.82, 2.24) is 0 Å². The van der Waals surface area contributed by atoms with E-state index in [2.05, 4.69) is 0 Å². The Hall–Kier alpha value is -0.473. The summed E-state index contributed by atoms with van der Waals surface area (Å²) in [4.78, 5) is 12.6. The Morgan fingerprint density at radius 1 is 1.24 bits per heavy atom. The lowest BCUT2D eigenvalue weighted by atomic mass is 9.84. The molecule has 1 fully saturated rings. The van der Waals surface area contributed by atoms with Gasteiger partial charge in [-0.25, -0.2) is 4.79 Å². The van der Waals surface area contributed by atoms with Gasteiger partial charge in [0.15, 0.2) is 0 Å². The van der Waals surface area contributed by atoms with E-state index >= 15 is 0 Å². The van der Waals surface area contributed by atoms with Crippen LogP contribution in [0.4, 0.5) is 0 Å². The maximum Gasteiger partial charge on any atom is 0.373 e. The predicted octanol–water partition coefficient (Wildman–Crippen LogP) is 1.50. The predicted molar refractivity (Wildman–Crippen MR) is 82.0 cm³/mol. The fourth-order valence-corrected chi connectivity index (χ4v) is 7.82. The first-order valence-electron chi connectivity index (χ1n) is 7.55. The van der Waals surface area contributed by atoms with E-state index in [1.807, 2.05) is 6.92 Å². The van der Waals surface area contributed by atoms with Crippen molar-refractivity contribution >= 4 is 14.5 Å². The lowest BCUT2D eigenvalue weighted by Crippen LogP contribution is -2.81. The molecular weight excluding hydrogens is 290 g/mol. The van der Waals surface area contributed by atoms with Gasteiger partial charge >= 0.3 is 14.5 Å². The Bertz CT molecular complexity index is 363. The molecule has 0 spiro atoms. The van der Waals surface area contributed by atoms with Gasteiger partial charge in [-0.15, -0.1) is 0 Å². The second-order valence-corrected chi connectivity index (χ2v) is 9.12. The molecule has 1 saturated heterocycles. The van der Waals surface area contributed by atoms with Crippen LogP contribution in [0.1, 0.15) is 39.5 Å². The van der Waals surface area contributed by atoms with Crippen LogP contribution >= 0.6 is 0 Å². The van der Waals surface area contributed by atoms with Gasteiger partial charge in [-0.05, 0) is 32.2 Å². The van der Waals surface area contributed by atoms with Crippen LogP contribution in [-0.4, -0.2) is 53.2 Å². The summed E-state index contributed by atoms with van der Waals surface area (Å²) in [6.07, 6.45) is 2.69. The molecule has 0 aromatic carbocycles. The molecule has 2 atom stereocenters. The summed E-state index contributed by atoms with van der Waals surface area (Å²) < 4.78 is 22.8. The fraction of sp³-hybridized carbons (Fsp3) is 0.929. The number of hydrogen-bond donors (Lipinski definition) is 1. The van der Waals surface area contributed by atoms with Gasteiger partial charge in [-0.3, -0.25) is 0 Å². The van der Waals surface area contributed by atoms with Gasteiger partial charge in [0.05, 0.1) is 6.61 Å². The van der Waals surface area contributed by atoms with Crippen LogP contribution in [-0.2, 0) is 23.1 Å². The number of ether oxygens (including phenoxy) is 2. The van der Waals surface area contributed by atoms with Crippen molar-refractivity contribution in [3.8, 4) is 0 Å². The zero-order valence-corrected chi connectivity index (χ0v) is 14.9. The smallest absolute Gasteiger partial charge is 0.373 e. The molecule has 1 aliphatic rings. The molecular formula is C14H29NO5Si. The SMILES string of the molecule is CCCC1(OC)C(N)(C(=O)OCC)CCC[Si]1(OC)OC. The zero-order valence-electron chi connectivity index (χ0n) is 13.9. The van der Waals surface area contributed by atoms with E-state index < -0.39 is 25.3 Å². The van der Waals surface area contributed by atoms with Gasteiger partial charge in [0.1, 0.15) is 10.8 Å². The van der Waals surface area contributed by atoms with Crippen LogP contribution in [0, 0.1) is 0 Å². The standard InChI is InChI=1S/C14H29NO5Si/c1-6-9-14(17-3)13(15,12(16)20-7-2)10-8-11-21(14,18-4)19-5/h6-11,15H2,1-5H3. The third-order valence-electron chi connectivity index (χ3n) is 4.66. The molecule has 0 aliphatic carbocycles. The largest absolute Gasteiger partial charge is 0.465 e. The first-order chi connectivity index (χ1) is 9.93. The van der Waals surface area contributed by atoms with Gasteiger partial charge in [-0.2, -0.15) is 0 Å². The van der Waals surface area contributed by atoms with E-state index in [9.17, 15) is 4.79 Å². The molecule has 0 bridgehead atoms. The third kappa shape index (κ3) is 2.66. The minimum Gasteiger partial charge on any atom is -0.465 e. The highest BCUT2D eigenvalue weighted by molar-refractivity contribution is 6.71. The zero-order chi connectivity index (χ0) is 16.1. The Labute approximate surface area is 128 Å². The van der Waals surface area contributed by atoms with Crippen LogP contribution < -0.4 is 5.73 Å². The molecule has 124 valence electrons. The van der Waals surface area contributed by atoms with Crippen molar-refractivity contribution in [2.24, 2.45) is 5.73 Å². The molecule has 1 aliphatic heterocycles. The average Bonchev–Trinajstić information content (AvgIpc) is 2.49. The molecule has 0 amide bonds.